The summed E-state index contributed by atoms with van der Waals surface area (Å²) in [7, 11) is 0. The van der Waals surface area contributed by atoms with Crippen LogP contribution < -0.4 is 0 Å². The zero-order valence-corrected chi connectivity index (χ0v) is 15.8. The molecule has 0 unspecified atom stereocenters. The molecule has 6 heteroatoms. The first-order valence-corrected chi connectivity index (χ1v) is 10.9. The quantitative estimate of drug-likeness (QED) is 0.517. The van der Waals surface area contributed by atoms with E-state index >= 15 is 0 Å². The molecule has 2 aromatic rings. The molecule has 3 rings (SSSR count). The highest BCUT2D eigenvalue weighted by Crippen LogP contribution is 2.33. The molecule has 1 aliphatic rings. The van der Waals surface area contributed by atoms with Crippen LogP contribution in [0.2, 0.25) is 0 Å². The normalized spacial score (nSPS) is 15.9. The van der Waals surface area contributed by atoms with Gasteiger partial charge >= 0.3 is 0 Å². The van der Waals surface area contributed by atoms with Gasteiger partial charge in [-0.15, -0.1) is 21.5 Å². The maximum atomic E-state index is 8.89. The van der Waals surface area contributed by atoms with Crippen molar-refractivity contribution in [2.45, 2.75) is 69.0 Å². The van der Waals surface area contributed by atoms with Crippen molar-refractivity contribution in [3.63, 3.8) is 0 Å². The first kappa shape index (κ1) is 18.0. The summed E-state index contributed by atoms with van der Waals surface area (Å²) in [5, 5.41) is 21.2. The summed E-state index contributed by atoms with van der Waals surface area (Å²) < 4.78 is 2.44. The second kappa shape index (κ2) is 9.59. The Morgan fingerprint density at radius 3 is 2.79 bits per heavy atom. The van der Waals surface area contributed by atoms with Crippen LogP contribution in [0.15, 0.2) is 22.7 Å². The van der Waals surface area contributed by atoms with Gasteiger partial charge in [0.15, 0.2) is 5.16 Å². The fraction of sp³-hybridized carbons (Fsp3) is 0.667. The molecule has 2 aromatic heterocycles. The van der Waals surface area contributed by atoms with Crippen LogP contribution in [0.3, 0.4) is 0 Å². The summed E-state index contributed by atoms with van der Waals surface area (Å²) in [6.07, 6.45) is 10.5. The van der Waals surface area contributed by atoms with Crippen molar-refractivity contribution in [3.8, 4) is 0 Å². The molecule has 0 bridgehead atoms. The van der Waals surface area contributed by atoms with Crippen molar-refractivity contribution in [2.24, 2.45) is 0 Å². The Labute approximate surface area is 152 Å². The molecule has 1 N–H and O–H groups in total. The zero-order valence-electron chi connectivity index (χ0n) is 14.2. The monoisotopic (exact) mass is 365 g/mol. The maximum absolute atomic E-state index is 8.89. The molecular weight excluding hydrogens is 338 g/mol. The molecule has 24 heavy (non-hydrogen) atoms. The molecule has 0 amide bonds. The Balaban J connectivity index is 1.70. The highest BCUT2D eigenvalue weighted by molar-refractivity contribution is 7.99. The van der Waals surface area contributed by atoms with E-state index in [2.05, 4.69) is 32.3 Å². The predicted octanol–water partition coefficient (Wildman–Crippen LogP) is 4.69. The van der Waals surface area contributed by atoms with Crippen LogP contribution in [-0.4, -0.2) is 32.2 Å². The zero-order chi connectivity index (χ0) is 16.6. The van der Waals surface area contributed by atoms with Crippen molar-refractivity contribution in [2.75, 3.05) is 12.4 Å². The third-order valence-electron chi connectivity index (χ3n) is 4.62. The number of aliphatic hydroxyl groups excluding tert-OH is 1. The molecule has 0 atom stereocenters. The number of hydrogen-bond acceptors (Lipinski definition) is 5. The Morgan fingerprint density at radius 2 is 2.04 bits per heavy atom. The largest absolute Gasteiger partial charge is 0.396 e. The van der Waals surface area contributed by atoms with E-state index in [1.165, 1.54) is 37.0 Å². The highest BCUT2D eigenvalue weighted by Gasteiger charge is 2.23. The summed E-state index contributed by atoms with van der Waals surface area (Å²) >= 11 is 3.63. The van der Waals surface area contributed by atoms with Crippen molar-refractivity contribution < 1.29 is 5.11 Å². The summed E-state index contributed by atoms with van der Waals surface area (Å²) in [5.74, 6) is 2.19. The van der Waals surface area contributed by atoms with E-state index in [1.807, 2.05) is 11.8 Å². The molecule has 4 nitrogen and oxygen atoms in total. The van der Waals surface area contributed by atoms with Crippen molar-refractivity contribution in [1.82, 2.24) is 14.8 Å². The fourth-order valence-corrected chi connectivity index (χ4v) is 5.08. The second-order valence-corrected chi connectivity index (χ2v) is 8.54. The van der Waals surface area contributed by atoms with E-state index in [0.29, 0.717) is 12.6 Å². The number of aliphatic hydroxyl groups is 1. The Kier molecular flexibility index (Phi) is 7.17. The van der Waals surface area contributed by atoms with Gasteiger partial charge in [-0.25, -0.2) is 0 Å². The van der Waals surface area contributed by atoms with E-state index in [4.69, 9.17) is 5.11 Å². The van der Waals surface area contributed by atoms with E-state index in [0.717, 1.165) is 42.4 Å². The number of thiophene rings is 1. The molecule has 2 heterocycles. The van der Waals surface area contributed by atoms with Crippen LogP contribution in [0, 0.1) is 0 Å². The Bertz CT molecular complexity index is 591. The van der Waals surface area contributed by atoms with Gasteiger partial charge in [-0.3, -0.25) is 0 Å². The molecule has 0 aliphatic heterocycles. The van der Waals surface area contributed by atoms with Crippen molar-refractivity contribution in [1.29, 1.82) is 0 Å². The molecule has 132 valence electrons. The van der Waals surface area contributed by atoms with Gasteiger partial charge in [0.25, 0.3) is 0 Å². The number of rotatable bonds is 9. The number of thioether (sulfide) groups is 1. The minimum atomic E-state index is 0.299. The lowest BCUT2D eigenvalue weighted by Gasteiger charge is -2.25. The first-order chi connectivity index (χ1) is 11.9. The number of nitrogens with zero attached hydrogens (tertiary/aromatic N) is 3. The molecule has 1 fully saturated rings. The van der Waals surface area contributed by atoms with E-state index in [1.54, 1.807) is 11.3 Å². The third-order valence-corrected chi connectivity index (χ3v) is 6.53. The van der Waals surface area contributed by atoms with Gasteiger partial charge in [0.05, 0.1) is 0 Å². The van der Waals surface area contributed by atoms with Gasteiger partial charge in [0.1, 0.15) is 5.82 Å². The van der Waals surface area contributed by atoms with Crippen molar-refractivity contribution >= 4 is 23.1 Å². The molecule has 0 radical (unpaired) electrons. The second-order valence-electron chi connectivity index (χ2n) is 6.45. The fourth-order valence-electron chi connectivity index (χ4n) is 3.36. The number of aromatic nitrogens is 3. The van der Waals surface area contributed by atoms with E-state index in [-0.39, 0.29) is 0 Å². The topological polar surface area (TPSA) is 50.9 Å². The van der Waals surface area contributed by atoms with E-state index in [9.17, 15) is 0 Å². The summed E-state index contributed by atoms with van der Waals surface area (Å²) in [5.41, 5.74) is 0. The molecule has 1 saturated carbocycles. The maximum Gasteiger partial charge on any atom is 0.191 e. The first-order valence-electron chi connectivity index (χ1n) is 9.08. The van der Waals surface area contributed by atoms with Crippen LogP contribution in [0.25, 0.3) is 0 Å². The lowest BCUT2D eigenvalue weighted by molar-refractivity contribution is 0.284. The van der Waals surface area contributed by atoms with Gasteiger partial charge < -0.3 is 9.67 Å². The minimum Gasteiger partial charge on any atom is -0.396 e. The average Bonchev–Trinajstić information content (AvgIpc) is 3.26. The molecular formula is C18H27N3OS2. The summed E-state index contributed by atoms with van der Waals surface area (Å²) in [4.78, 5) is 1.36. The summed E-state index contributed by atoms with van der Waals surface area (Å²) in [6.45, 7) is 0.299. The van der Waals surface area contributed by atoms with Gasteiger partial charge in [-0.1, -0.05) is 43.5 Å². The Morgan fingerprint density at radius 1 is 1.17 bits per heavy atom. The molecule has 0 spiro atoms. The average molecular weight is 366 g/mol. The van der Waals surface area contributed by atoms with Crippen LogP contribution in [0.5, 0.6) is 0 Å². The lowest BCUT2D eigenvalue weighted by Crippen LogP contribution is -2.16. The van der Waals surface area contributed by atoms with Crippen LogP contribution >= 0.6 is 23.1 Å². The Hall–Kier alpha value is -0.850. The van der Waals surface area contributed by atoms with Crippen LogP contribution in [0.1, 0.15) is 68.1 Å². The standard InChI is InChI=1S/C18H27N3OS2/c22-11-5-2-6-12-24-18-20-19-17(14-16-10-7-13-23-16)21(18)15-8-3-1-4-9-15/h7,10,13,15,22H,1-6,8-9,11-12,14H2. The molecule has 1 aliphatic carbocycles. The molecule has 0 aromatic carbocycles. The van der Waals surface area contributed by atoms with E-state index < -0.39 is 0 Å². The SMILES string of the molecule is OCCCCCSc1nnc(Cc2cccs2)n1C1CCCCC1. The third kappa shape index (κ3) is 4.83. The number of hydrogen-bond donors (Lipinski definition) is 1. The molecule has 0 saturated heterocycles. The smallest absolute Gasteiger partial charge is 0.191 e. The van der Waals surface area contributed by atoms with Gasteiger partial charge in [-0.2, -0.15) is 0 Å². The van der Waals surface area contributed by atoms with Crippen LogP contribution in [0.4, 0.5) is 0 Å². The lowest BCUT2D eigenvalue weighted by atomic mass is 9.95. The van der Waals surface area contributed by atoms with Crippen LogP contribution in [-0.2, 0) is 6.42 Å². The number of unbranched alkanes of at least 4 members (excludes halogenated alkanes) is 2. The van der Waals surface area contributed by atoms with Gasteiger partial charge in [0, 0.05) is 29.7 Å². The minimum absolute atomic E-state index is 0.299. The van der Waals surface area contributed by atoms with Gasteiger partial charge in [0.2, 0.25) is 0 Å². The highest BCUT2D eigenvalue weighted by atomic mass is 32.2. The predicted molar refractivity (Wildman–Crippen MR) is 101 cm³/mol. The van der Waals surface area contributed by atoms with Crippen molar-refractivity contribution in [3.05, 3.63) is 28.2 Å². The van der Waals surface area contributed by atoms with Gasteiger partial charge in [-0.05, 0) is 37.1 Å². The summed E-state index contributed by atoms with van der Waals surface area (Å²) in [6, 6.07) is 4.87.